The number of carbonyl (C=O) groups excluding carboxylic acids is 2. The molecule has 5 heteroatoms. The van der Waals surface area contributed by atoms with Crippen LogP contribution in [-0.4, -0.2) is 41.9 Å². The van der Waals surface area contributed by atoms with Gasteiger partial charge in [-0.1, -0.05) is 42.5 Å². The fraction of sp³-hybridized carbons (Fsp3) is 0.391. The van der Waals surface area contributed by atoms with Crippen molar-refractivity contribution in [3.8, 4) is 0 Å². The average molecular weight is 380 g/mol. The Kier molecular flexibility index (Phi) is 6.82. The van der Waals surface area contributed by atoms with Gasteiger partial charge in [0.2, 0.25) is 5.91 Å². The van der Waals surface area contributed by atoms with Gasteiger partial charge in [0, 0.05) is 43.7 Å². The van der Waals surface area contributed by atoms with Crippen molar-refractivity contribution in [3.63, 3.8) is 0 Å². The quantitative estimate of drug-likeness (QED) is 0.778. The van der Waals surface area contributed by atoms with E-state index in [9.17, 15) is 9.59 Å². The Hall–Kier alpha value is -2.66. The smallest absolute Gasteiger partial charge is 0.251 e. The van der Waals surface area contributed by atoms with E-state index in [1.54, 1.807) is 12.1 Å². The van der Waals surface area contributed by atoms with Crippen molar-refractivity contribution in [2.24, 2.45) is 0 Å². The van der Waals surface area contributed by atoms with Crippen LogP contribution in [0, 0.1) is 0 Å². The first-order valence-corrected chi connectivity index (χ1v) is 9.96. The fourth-order valence-corrected chi connectivity index (χ4v) is 3.58. The van der Waals surface area contributed by atoms with Crippen molar-refractivity contribution >= 4 is 11.8 Å². The van der Waals surface area contributed by atoms with Crippen LogP contribution in [0.2, 0.25) is 0 Å². The van der Waals surface area contributed by atoms with E-state index < -0.39 is 0 Å². The van der Waals surface area contributed by atoms with Gasteiger partial charge in [-0.15, -0.1) is 0 Å². The second kappa shape index (κ2) is 9.51. The predicted octanol–water partition coefficient (Wildman–Crippen LogP) is 2.76. The minimum absolute atomic E-state index is 0.0369. The number of nitrogens with zero attached hydrogens (tertiary/aromatic N) is 1. The van der Waals surface area contributed by atoms with E-state index in [0.29, 0.717) is 12.1 Å². The molecule has 0 radical (unpaired) electrons. The Morgan fingerprint density at radius 2 is 1.68 bits per heavy atom. The largest absolute Gasteiger partial charge is 0.354 e. The summed E-state index contributed by atoms with van der Waals surface area (Å²) in [6.45, 7) is 6.55. The van der Waals surface area contributed by atoms with Gasteiger partial charge in [-0.3, -0.25) is 14.5 Å². The molecule has 2 N–H and O–H groups in total. The van der Waals surface area contributed by atoms with E-state index in [2.05, 4.69) is 46.7 Å². The van der Waals surface area contributed by atoms with Gasteiger partial charge in [-0.05, 0) is 43.5 Å². The molecule has 2 atom stereocenters. The van der Waals surface area contributed by atoms with E-state index in [-0.39, 0.29) is 30.3 Å². The van der Waals surface area contributed by atoms with Crippen LogP contribution in [0.3, 0.4) is 0 Å². The number of hydrogen-bond acceptors (Lipinski definition) is 3. The van der Waals surface area contributed by atoms with E-state index in [0.717, 1.165) is 19.5 Å². The third-order valence-electron chi connectivity index (χ3n) is 5.28. The lowest BCUT2D eigenvalue weighted by Crippen LogP contribution is -2.45. The zero-order valence-electron chi connectivity index (χ0n) is 16.7. The molecule has 3 rings (SSSR count). The van der Waals surface area contributed by atoms with Crippen LogP contribution < -0.4 is 10.6 Å². The molecule has 0 saturated carbocycles. The molecule has 2 unspecified atom stereocenters. The molecule has 1 heterocycles. The molecule has 0 saturated heterocycles. The number of hydrogen-bond donors (Lipinski definition) is 2. The maximum atomic E-state index is 12.3. The molecule has 0 bridgehead atoms. The van der Waals surface area contributed by atoms with E-state index >= 15 is 0 Å². The molecule has 0 fully saturated rings. The first-order chi connectivity index (χ1) is 13.5. The molecule has 2 aromatic carbocycles. The van der Waals surface area contributed by atoms with Crippen LogP contribution in [0.1, 0.15) is 41.8 Å². The van der Waals surface area contributed by atoms with Crippen molar-refractivity contribution < 1.29 is 9.59 Å². The van der Waals surface area contributed by atoms with Crippen molar-refractivity contribution in [2.75, 3.05) is 13.1 Å². The first kappa shape index (κ1) is 20.1. The summed E-state index contributed by atoms with van der Waals surface area (Å²) in [5, 5.41) is 5.89. The lowest BCUT2D eigenvalue weighted by atomic mass is 9.99. The predicted molar refractivity (Wildman–Crippen MR) is 111 cm³/mol. The molecular formula is C23H29N3O2. The number of amides is 2. The van der Waals surface area contributed by atoms with Gasteiger partial charge >= 0.3 is 0 Å². The molecule has 5 nitrogen and oxygen atoms in total. The number of benzene rings is 2. The van der Waals surface area contributed by atoms with Gasteiger partial charge in [0.05, 0.1) is 0 Å². The zero-order valence-corrected chi connectivity index (χ0v) is 16.7. The van der Waals surface area contributed by atoms with Gasteiger partial charge < -0.3 is 10.6 Å². The summed E-state index contributed by atoms with van der Waals surface area (Å²) in [7, 11) is 0. The van der Waals surface area contributed by atoms with Crippen molar-refractivity contribution in [3.05, 3.63) is 71.3 Å². The Morgan fingerprint density at radius 1 is 1.00 bits per heavy atom. The van der Waals surface area contributed by atoms with Crippen LogP contribution in [0.15, 0.2) is 54.6 Å². The Labute approximate surface area is 167 Å². The fourth-order valence-electron chi connectivity index (χ4n) is 3.58. The van der Waals surface area contributed by atoms with Crippen LogP contribution >= 0.6 is 0 Å². The number of rotatable bonds is 7. The topological polar surface area (TPSA) is 61.4 Å². The monoisotopic (exact) mass is 379 g/mol. The highest BCUT2D eigenvalue weighted by atomic mass is 16.2. The van der Waals surface area contributed by atoms with Gasteiger partial charge in [-0.25, -0.2) is 0 Å². The molecule has 0 aromatic heterocycles. The molecule has 0 spiro atoms. The van der Waals surface area contributed by atoms with Crippen LogP contribution in [-0.2, 0) is 17.8 Å². The number of fused-ring (bicyclic) bond motifs is 1. The standard InChI is InChI=1S/C23H29N3O2/c1-17(25-23(28)20-9-4-3-5-10-20)14-22(27)24-15-18(2)26-13-12-19-8-6-7-11-21(19)16-26/h3-11,17-18H,12-16H2,1-2H3,(H,24,27)(H,25,28). The Bertz CT molecular complexity index is 807. The minimum atomic E-state index is -0.218. The second-order valence-electron chi connectivity index (χ2n) is 7.59. The third-order valence-corrected chi connectivity index (χ3v) is 5.28. The van der Waals surface area contributed by atoms with Gasteiger partial charge in [-0.2, -0.15) is 0 Å². The average Bonchev–Trinajstić information content (AvgIpc) is 2.72. The maximum absolute atomic E-state index is 12.3. The van der Waals surface area contributed by atoms with Crippen molar-refractivity contribution in [1.82, 2.24) is 15.5 Å². The summed E-state index contributed by atoms with van der Waals surface area (Å²) in [5.41, 5.74) is 3.41. The number of nitrogens with one attached hydrogen (secondary N) is 2. The summed E-state index contributed by atoms with van der Waals surface area (Å²) < 4.78 is 0. The lowest BCUT2D eigenvalue weighted by molar-refractivity contribution is -0.121. The van der Waals surface area contributed by atoms with Gasteiger partial charge in [0.1, 0.15) is 0 Å². The normalized spacial score (nSPS) is 15.9. The summed E-state index contributed by atoms with van der Waals surface area (Å²) in [6, 6.07) is 17.7. The van der Waals surface area contributed by atoms with Crippen molar-refractivity contribution in [1.29, 1.82) is 0 Å². The van der Waals surface area contributed by atoms with Crippen LogP contribution in [0.5, 0.6) is 0 Å². The number of carbonyl (C=O) groups is 2. The van der Waals surface area contributed by atoms with Gasteiger partial charge in [0.25, 0.3) is 5.91 Å². The summed E-state index contributed by atoms with van der Waals surface area (Å²) in [4.78, 5) is 26.8. The van der Waals surface area contributed by atoms with E-state index in [4.69, 9.17) is 0 Å². The van der Waals surface area contributed by atoms with Gasteiger partial charge in [0.15, 0.2) is 0 Å². The molecule has 1 aliphatic heterocycles. The highest BCUT2D eigenvalue weighted by Gasteiger charge is 2.21. The van der Waals surface area contributed by atoms with E-state index in [1.807, 2.05) is 25.1 Å². The van der Waals surface area contributed by atoms with Crippen LogP contribution in [0.25, 0.3) is 0 Å². The highest BCUT2D eigenvalue weighted by molar-refractivity contribution is 5.94. The summed E-state index contributed by atoms with van der Waals surface area (Å²) in [6.07, 6.45) is 1.32. The minimum Gasteiger partial charge on any atom is -0.354 e. The summed E-state index contributed by atoms with van der Waals surface area (Å²) in [5.74, 6) is -0.189. The Balaban J connectivity index is 1.41. The molecular weight excluding hydrogens is 350 g/mol. The molecule has 2 amide bonds. The zero-order chi connectivity index (χ0) is 19.9. The van der Waals surface area contributed by atoms with Crippen molar-refractivity contribution in [2.45, 2.75) is 45.3 Å². The SMILES string of the molecule is CC(CC(=O)NCC(C)N1CCc2ccccc2C1)NC(=O)c1ccccc1. The first-order valence-electron chi connectivity index (χ1n) is 9.96. The molecule has 0 aliphatic carbocycles. The third kappa shape index (κ3) is 5.42. The lowest BCUT2D eigenvalue weighted by Gasteiger charge is -2.33. The summed E-state index contributed by atoms with van der Waals surface area (Å²) >= 11 is 0. The molecule has 1 aliphatic rings. The Morgan fingerprint density at radius 3 is 2.43 bits per heavy atom. The van der Waals surface area contributed by atoms with E-state index in [1.165, 1.54) is 11.1 Å². The highest BCUT2D eigenvalue weighted by Crippen LogP contribution is 2.19. The molecule has 148 valence electrons. The maximum Gasteiger partial charge on any atom is 0.251 e. The molecule has 2 aromatic rings. The second-order valence-corrected chi connectivity index (χ2v) is 7.59. The molecule has 28 heavy (non-hydrogen) atoms. The van der Waals surface area contributed by atoms with Crippen LogP contribution in [0.4, 0.5) is 0 Å².